The van der Waals surface area contributed by atoms with Gasteiger partial charge < -0.3 is 0 Å². The molecule has 0 saturated heterocycles. The minimum atomic E-state index is -0.801. The Bertz CT molecular complexity index is 301. The lowest BCUT2D eigenvalue weighted by Crippen LogP contribution is -2.09. The molecule has 0 aliphatic rings. The van der Waals surface area contributed by atoms with Crippen molar-refractivity contribution in [2.24, 2.45) is 16.3 Å². The average molecular weight is 301 g/mol. The zero-order valence-electron chi connectivity index (χ0n) is 15.6. The largest absolute Gasteiger partial charge is 0.297 e. The molecule has 0 aromatic heterocycles. The van der Waals surface area contributed by atoms with Crippen molar-refractivity contribution in [3.05, 3.63) is 11.6 Å². The van der Waals surface area contributed by atoms with Gasteiger partial charge in [0, 0.05) is 19.7 Å². The molecule has 0 aromatic carbocycles. The van der Waals surface area contributed by atoms with Crippen molar-refractivity contribution >= 4 is 12.0 Å². The van der Waals surface area contributed by atoms with Crippen LogP contribution in [0, 0.1) is 11.3 Å². The van der Waals surface area contributed by atoms with Crippen molar-refractivity contribution in [2.75, 3.05) is 13.7 Å². The van der Waals surface area contributed by atoms with Gasteiger partial charge in [-0.15, -0.1) is 0 Å². The lowest BCUT2D eigenvalue weighted by atomic mass is 9.87. The number of hydrogen-bond donors (Lipinski definition) is 0. The number of hydrogen-bond acceptors (Lipinski definition) is 2. The predicted octanol–water partition coefficient (Wildman–Crippen LogP) is 5.67. The molecule has 1 atom stereocenters. The van der Waals surface area contributed by atoms with Crippen molar-refractivity contribution in [3.63, 3.8) is 0 Å². The van der Waals surface area contributed by atoms with E-state index in [1.165, 1.54) is 5.57 Å². The number of aliphatic imine (C=N–C) groups is 1. The molecule has 0 heterocycles. The van der Waals surface area contributed by atoms with Crippen LogP contribution >= 0.6 is 0 Å². The molecule has 0 saturated carbocycles. The second kappa shape index (κ2) is 15.4. The normalized spacial score (nSPS) is 13.0. The fourth-order valence-corrected chi connectivity index (χ4v) is 1.43. The minimum Gasteiger partial charge on any atom is -0.297 e. The maximum Gasteiger partial charge on any atom is 0.164 e. The number of carbonyl (C=O) groups excluding carboxylic acids is 1. The first kappa shape index (κ1) is 25.0. The number of halogens is 1. The Balaban J connectivity index is -0.000000277. The molecule has 0 N–H and O–H groups in total. The molecular weight excluding hydrogens is 265 g/mol. The number of rotatable bonds is 5. The van der Waals surface area contributed by atoms with E-state index in [0.717, 1.165) is 6.42 Å². The Kier molecular flexibility index (Phi) is 18.3. The summed E-state index contributed by atoms with van der Waals surface area (Å²) >= 11 is 0. The highest BCUT2D eigenvalue weighted by atomic mass is 19.1. The van der Waals surface area contributed by atoms with Crippen LogP contribution in [0.3, 0.4) is 0 Å². The zero-order chi connectivity index (χ0) is 17.5. The number of Topliss-reactive ketones (excluding diaryl/α,β-unsaturated/α-hetero) is 1. The molecule has 3 heteroatoms. The molecule has 0 aliphatic carbocycles. The van der Waals surface area contributed by atoms with Gasteiger partial charge in [0.25, 0.3) is 0 Å². The van der Waals surface area contributed by atoms with Gasteiger partial charge in [-0.2, -0.15) is 0 Å². The van der Waals surface area contributed by atoms with E-state index in [2.05, 4.69) is 31.8 Å². The molecular formula is C18H36FNO. The highest BCUT2D eigenvalue weighted by Crippen LogP contribution is 2.22. The number of ketones is 1. The minimum absolute atomic E-state index is 0.230. The van der Waals surface area contributed by atoms with E-state index < -0.39 is 6.67 Å². The number of alkyl halides is 1. The zero-order valence-corrected chi connectivity index (χ0v) is 15.6. The summed E-state index contributed by atoms with van der Waals surface area (Å²) in [5.41, 5.74) is 1.52. The van der Waals surface area contributed by atoms with Crippen LogP contribution in [0.4, 0.5) is 4.39 Å². The number of carbonyl (C=O) groups is 1. The summed E-state index contributed by atoms with van der Waals surface area (Å²) in [4.78, 5) is 14.4. The highest BCUT2D eigenvalue weighted by Gasteiger charge is 2.13. The summed E-state index contributed by atoms with van der Waals surface area (Å²) in [5.74, 6) is 0.0672. The summed E-state index contributed by atoms with van der Waals surface area (Å²) in [6.45, 7) is 15.7. The Hall–Kier alpha value is -0.990. The monoisotopic (exact) mass is 301 g/mol. The quantitative estimate of drug-likeness (QED) is 0.602. The molecule has 0 amide bonds. The van der Waals surface area contributed by atoms with Crippen LogP contribution in [0.2, 0.25) is 0 Å². The standard InChI is InChI=1S/C9H17N.C7H13FO.C2H6/c1-6-8(7-10-5)9(2,3)4;1-3-6(2)4-7(9)5-8;1-2/h6-7H,1-5H3;6H,3-5H2,1-2H3;1-2H3/b8-6+,10-7?;;. The van der Waals surface area contributed by atoms with Gasteiger partial charge in [0.15, 0.2) is 5.78 Å². The van der Waals surface area contributed by atoms with Gasteiger partial charge in [0.2, 0.25) is 0 Å². The lowest BCUT2D eigenvalue weighted by Gasteiger charge is -2.18. The van der Waals surface area contributed by atoms with E-state index in [4.69, 9.17) is 0 Å². The molecule has 1 unspecified atom stereocenters. The predicted molar refractivity (Wildman–Crippen MR) is 94.0 cm³/mol. The fraction of sp³-hybridized carbons (Fsp3) is 0.778. The SMILES string of the molecule is C/C=C(\C=NC)C(C)(C)C.CC.CCC(C)CC(=O)CF. The molecule has 0 radical (unpaired) electrons. The second-order valence-corrected chi connectivity index (χ2v) is 5.77. The van der Waals surface area contributed by atoms with Crippen molar-refractivity contribution in [1.82, 2.24) is 0 Å². The van der Waals surface area contributed by atoms with Gasteiger partial charge in [-0.05, 0) is 23.8 Å². The Morgan fingerprint density at radius 3 is 1.95 bits per heavy atom. The Labute approximate surface area is 131 Å². The summed E-state index contributed by atoms with van der Waals surface area (Å²) < 4.78 is 11.5. The van der Waals surface area contributed by atoms with Gasteiger partial charge in [-0.25, -0.2) is 4.39 Å². The van der Waals surface area contributed by atoms with E-state index in [1.807, 2.05) is 40.8 Å². The third-order valence-corrected chi connectivity index (χ3v) is 2.87. The van der Waals surface area contributed by atoms with Crippen LogP contribution < -0.4 is 0 Å². The van der Waals surface area contributed by atoms with Gasteiger partial charge in [-0.1, -0.05) is 61.0 Å². The van der Waals surface area contributed by atoms with E-state index >= 15 is 0 Å². The maximum atomic E-state index is 11.5. The molecule has 21 heavy (non-hydrogen) atoms. The van der Waals surface area contributed by atoms with Crippen LogP contribution in [-0.2, 0) is 4.79 Å². The fourth-order valence-electron chi connectivity index (χ4n) is 1.43. The van der Waals surface area contributed by atoms with Crippen LogP contribution in [-0.4, -0.2) is 25.7 Å². The van der Waals surface area contributed by atoms with Gasteiger partial charge >= 0.3 is 0 Å². The smallest absolute Gasteiger partial charge is 0.164 e. The first-order valence-electron chi connectivity index (χ1n) is 7.89. The average Bonchev–Trinajstić information content (AvgIpc) is 2.45. The van der Waals surface area contributed by atoms with Crippen LogP contribution in [0.15, 0.2) is 16.6 Å². The Morgan fingerprint density at radius 2 is 1.76 bits per heavy atom. The summed E-state index contributed by atoms with van der Waals surface area (Å²) in [6, 6.07) is 0. The second-order valence-electron chi connectivity index (χ2n) is 5.77. The van der Waals surface area contributed by atoms with Crippen LogP contribution in [0.5, 0.6) is 0 Å². The van der Waals surface area contributed by atoms with E-state index in [9.17, 15) is 9.18 Å². The lowest BCUT2D eigenvalue weighted by molar-refractivity contribution is -0.120. The van der Waals surface area contributed by atoms with Crippen molar-refractivity contribution < 1.29 is 9.18 Å². The third-order valence-electron chi connectivity index (χ3n) is 2.87. The van der Waals surface area contributed by atoms with Crippen LogP contribution in [0.1, 0.15) is 68.2 Å². The molecule has 0 aliphatic heterocycles. The maximum absolute atomic E-state index is 11.5. The number of allylic oxidation sites excluding steroid dienone is 2. The van der Waals surface area contributed by atoms with Crippen molar-refractivity contribution in [2.45, 2.75) is 68.2 Å². The van der Waals surface area contributed by atoms with E-state index in [0.29, 0.717) is 12.3 Å². The molecule has 0 spiro atoms. The van der Waals surface area contributed by atoms with Gasteiger partial charge in [0.05, 0.1) is 0 Å². The molecule has 126 valence electrons. The highest BCUT2D eigenvalue weighted by molar-refractivity contribution is 5.80. The first-order valence-corrected chi connectivity index (χ1v) is 7.89. The Morgan fingerprint density at radius 1 is 1.29 bits per heavy atom. The number of nitrogens with zero attached hydrogens (tertiary/aromatic N) is 1. The summed E-state index contributed by atoms with van der Waals surface area (Å²) in [6.07, 6.45) is 5.37. The summed E-state index contributed by atoms with van der Waals surface area (Å²) in [5, 5.41) is 0. The van der Waals surface area contributed by atoms with Crippen LogP contribution in [0.25, 0.3) is 0 Å². The van der Waals surface area contributed by atoms with Gasteiger partial charge in [0.1, 0.15) is 6.67 Å². The molecule has 2 nitrogen and oxygen atoms in total. The van der Waals surface area contributed by atoms with Crippen molar-refractivity contribution in [1.29, 1.82) is 0 Å². The molecule has 0 fully saturated rings. The van der Waals surface area contributed by atoms with Gasteiger partial charge in [-0.3, -0.25) is 9.79 Å². The van der Waals surface area contributed by atoms with E-state index in [-0.39, 0.29) is 11.2 Å². The third kappa shape index (κ3) is 17.0. The topological polar surface area (TPSA) is 29.4 Å². The molecule has 0 bridgehead atoms. The summed E-state index contributed by atoms with van der Waals surface area (Å²) in [7, 11) is 1.80. The van der Waals surface area contributed by atoms with Crippen molar-refractivity contribution in [3.8, 4) is 0 Å². The molecule has 0 aromatic rings. The van der Waals surface area contributed by atoms with E-state index in [1.54, 1.807) is 7.05 Å². The molecule has 0 rings (SSSR count). The first-order chi connectivity index (χ1) is 9.72.